The van der Waals surface area contributed by atoms with E-state index < -0.39 is 0 Å². The molecule has 1 atom stereocenters. The molecule has 7 nitrogen and oxygen atoms in total. The summed E-state index contributed by atoms with van der Waals surface area (Å²) < 4.78 is 1.80. The summed E-state index contributed by atoms with van der Waals surface area (Å²) in [5, 5.41) is 4.01. The van der Waals surface area contributed by atoms with Gasteiger partial charge in [0.05, 0.1) is 11.0 Å². The fraction of sp³-hybridized carbons (Fsp3) is 0.207. The van der Waals surface area contributed by atoms with Gasteiger partial charge in [0.25, 0.3) is 11.8 Å². The summed E-state index contributed by atoms with van der Waals surface area (Å²) in [6.07, 6.45) is 3.17. The number of aromatic nitrogens is 3. The molecule has 7 heteroatoms. The zero-order valence-corrected chi connectivity index (χ0v) is 20.4. The maximum absolute atomic E-state index is 13.4. The molecule has 0 saturated heterocycles. The molecule has 5 rings (SSSR count). The van der Waals surface area contributed by atoms with Gasteiger partial charge in [0.1, 0.15) is 0 Å². The van der Waals surface area contributed by atoms with Crippen molar-refractivity contribution < 1.29 is 9.59 Å². The SMILES string of the molecule is CN(C(=O)c1ccc2[nH]ccc2c1)[C@H](CCNC(=O)c1nc2ccccc2n1C)Cc1ccccc1. The first-order valence-corrected chi connectivity index (χ1v) is 12.1. The van der Waals surface area contributed by atoms with Crippen molar-refractivity contribution >= 4 is 33.8 Å². The van der Waals surface area contributed by atoms with Crippen LogP contribution in [0.25, 0.3) is 21.9 Å². The molecule has 0 unspecified atom stereocenters. The van der Waals surface area contributed by atoms with Crippen molar-refractivity contribution in [3.05, 3.63) is 102 Å². The maximum atomic E-state index is 13.4. The molecule has 0 fully saturated rings. The van der Waals surface area contributed by atoms with Crippen LogP contribution < -0.4 is 5.32 Å². The summed E-state index contributed by atoms with van der Waals surface area (Å²) in [7, 11) is 3.68. The largest absolute Gasteiger partial charge is 0.361 e. The van der Waals surface area contributed by atoms with Crippen LogP contribution in [0, 0.1) is 0 Å². The highest BCUT2D eigenvalue weighted by Crippen LogP contribution is 2.19. The number of likely N-dealkylation sites (N-methyl/N-ethyl adjacent to an activating group) is 1. The average molecular weight is 480 g/mol. The van der Waals surface area contributed by atoms with E-state index in [0.29, 0.717) is 30.8 Å². The van der Waals surface area contributed by atoms with Gasteiger partial charge < -0.3 is 19.8 Å². The Balaban J connectivity index is 1.31. The number of carbonyl (C=O) groups excluding carboxylic acids is 2. The molecule has 2 amide bonds. The van der Waals surface area contributed by atoms with Crippen molar-refractivity contribution in [3.63, 3.8) is 0 Å². The highest BCUT2D eigenvalue weighted by Gasteiger charge is 2.23. The minimum atomic E-state index is -0.223. The Morgan fingerprint density at radius 3 is 2.61 bits per heavy atom. The fourth-order valence-electron chi connectivity index (χ4n) is 4.65. The van der Waals surface area contributed by atoms with Crippen LogP contribution in [0.4, 0.5) is 0 Å². The second-order valence-corrected chi connectivity index (χ2v) is 9.07. The van der Waals surface area contributed by atoms with Gasteiger partial charge in [-0.05, 0) is 54.8 Å². The summed E-state index contributed by atoms with van der Waals surface area (Å²) in [5.74, 6) is 0.111. The number of H-pyrrole nitrogens is 1. The minimum Gasteiger partial charge on any atom is -0.361 e. The first-order chi connectivity index (χ1) is 17.5. The van der Waals surface area contributed by atoms with Crippen LogP contribution in [0.1, 0.15) is 33.0 Å². The topological polar surface area (TPSA) is 83.0 Å². The number of nitrogens with zero attached hydrogens (tertiary/aromatic N) is 3. The Morgan fingerprint density at radius 2 is 1.81 bits per heavy atom. The third kappa shape index (κ3) is 4.73. The second-order valence-electron chi connectivity index (χ2n) is 9.07. The minimum absolute atomic E-state index is 0.0410. The van der Waals surface area contributed by atoms with Gasteiger partial charge in [0.2, 0.25) is 0 Å². The number of rotatable bonds is 8. The molecule has 36 heavy (non-hydrogen) atoms. The van der Waals surface area contributed by atoms with Crippen molar-refractivity contribution in [2.45, 2.75) is 18.9 Å². The predicted molar refractivity (Wildman–Crippen MR) is 142 cm³/mol. The Bertz CT molecular complexity index is 1520. The number of fused-ring (bicyclic) bond motifs is 2. The Morgan fingerprint density at radius 1 is 1.03 bits per heavy atom. The molecule has 0 aliphatic rings. The summed E-state index contributed by atoms with van der Waals surface area (Å²) in [6.45, 7) is 0.425. The lowest BCUT2D eigenvalue weighted by molar-refractivity contribution is 0.0723. The predicted octanol–water partition coefficient (Wildman–Crippen LogP) is 4.56. The van der Waals surface area contributed by atoms with E-state index in [1.807, 2.05) is 87.0 Å². The number of aryl methyl sites for hydroxylation is 1. The molecule has 2 heterocycles. The van der Waals surface area contributed by atoms with E-state index in [2.05, 4.69) is 27.4 Å². The van der Waals surface area contributed by atoms with Crippen LogP contribution in [-0.4, -0.2) is 50.9 Å². The molecule has 182 valence electrons. The quantitative estimate of drug-likeness (QED) is 0.342. The number of amides is 2. The number of hydrogen-bond acceptors (Lipinski definition) is 3. The molecular formula is C29H29N5O2. The van der Waals surface area contributed by atoms with E-state index in [1.54, 1.807) is 9.47 Å². The van der Waals surface area contributed by atoms with E-state index in [4.69, 9.17) is 0 Å². The van der Waals surface area contributed by atoms with Gasteiger partial charge in [-0.15, -0.1) is 0 Å². The third-order valence-electron chi connectivity index (χ3n) is 6.74. The molecule has 0 saturated carbocycles. The van der Waals surface area contributed by atoms with Crippen LogP contribution in [-0.2, 0) is 13.5 Å². The number of carbonyl (C=O) groups is 2. The lowest BCUT2D eigenvalue weighted by Crippen LogP contribution is -2.41. The molecule has 2 N–H and O–H groups in total. The lowest BCUT2D eigenvalue weighted by Gasteiger charge is -2.29. The second kappa shape index (κ2) is 10.1. The fourth-order valence-corrected chi connectivity index (χ4v) is 4.65. The highest BCUT2D eigenvalue weighted by atomic mass is 16.2. The lowest BCUT2D eigenvalue weighted by atomic mass is 10.0. The van der Waals surface area contributed by atoms with Gasteiger partial charge in [-0.2, -0.15) is 0 Å². The number of para-hydroxylation sites is 2. The van der Waals surface area contributed by atoms with Gasteiger partial charge in [0, 0.05) is 49.3 Å². The number of hydrogen-bond donors (Lipinski definition) is 2. The first kappa shape index (κ1) is 23.4. The summed E-state index contributed by atoms with van der Waals surface area (Å²) in [5.41, 5.74) is 4.49. The molecule has 5 aromatic rings. The normalized spacial score (nSPS) is 12.1. The first-order valence-electron chi connectivity index (χ1n) is 12.1. The van der Waals surface area contributed by atoms with Crippen LogP contribution in [0.3, 0.4) is 0 Å². The van der Waals surface area contributed by atoms with Gasteiger partial charge in [-0.25, -0.2) is 4.98 Å². The van der Waals surface area contributed by atoms with Gasteiger partial charge in [-0.1, -0.05) is 42.5 Å². The van der Waals surface area contributed by atoms with Crippen LogP contribution in [0.2, 0.25) is 0 Å². The van der Waals surface area contributed by atoms with Crippen LogP contribution in [0.15, 0.2) is 85.1 Å². The van der Waals surface area contributed by atoms with Crippen LogP contribution in [0.5, 0.6) is 0 Å². The van der Waals surface area contributed by atoms with Gasteiger partial charge in [-0.3, -0.25) is 9.59 Å². The van der Waals surface area contributed by atoms with Crippen molar-refractivity contribution in [2.24, 2.45) is 7.05 Å². The van der Waals surface area contributed by atoms with E-state index in [-0.39, 0.29) is 17.9 Å². The van der Waals surface area contributed by atoms with Crippen molar-refractivity contribution in [3.8, 4) is 0 Å². The molecule has 0 aliphatic heterocycles. The molecular weight excluding hydrogens is 450 g/mol. The number of aromatic amines is 1. The standard InChI is InChI=1S/C29H29N5O2/c1-33(29(36)22-12-13-24-21(19-22)14-16-30-24)23(18-20-8-4-3-5-9-20)15-17-31-28(35)27-32-25-10-6-7-11-26(25)34(27)2/h3-14,16,19,23,30H,15,17-18H2,1-2H3,(H,31,35)/t23-/m1/s1. The monoisotopic (exact) mass is 479 g/mol. The molecule has 0 spiro atoms. The summed E-state index contributed by atoms with van der Waals surface area (Å²) in [6, 6.07) is 25.4. The Hall–Kier alpha value is -4.39. The average Bonchev–Trinajstić information content (AvgIpc) is 3.52. The number of imidazole rings is 1. The van der Waals surface area contributed by atoms with Crippen molar-refractivity contribution in [1.82, 2.24) is 24.8 Å². The Labute approximate surface area is 209 Å². The number of benzene rings is 3. The van der Waals surface area contributed by atoms with Crippen LogP contribution >= 0.6 is 0 Å². The van der Waals surface area contributed by atoms with Crippen molar-refractivity contribution in [1.29, 1.82) is 0 Å². The summed E-state index contributed by atoms with van der Waals surface area (Å²) >= 11 is 0. The Kier molecular flexibility index (Phi) is 6.54. The van der Waals surface area contributed by atoms with Gasteiger partial charge >= 0.3 is 0 Å². The van der Waals surface area contributed by atoms with E-state index in [9.17, 15) is 9.59 Å². The van der Waals surface area contributed by atoms with Gasteiger partial charge in [0.15, 0.2) is 5.82 Å². The highest BCUT2D eigenvalue weighted by molar-refractivity contribution is 5.98. The van der Waals surface area contributed by atoms with E-state index in [0.717, 1.165) is 27.5 Å². The molecule has 0 radical (unpaired) electrons. The molecule has 0 aliphatic carbocycles. The maximum Gasteiger partial charge on any atom is 0.287 e. The summed E-state index contributed by atoms with van der Waals surface area (Å²) in [4.78, 5) is 35.8. The number of nitrogens with one attached hydrogen (secondary N) is 2. The molecule has 3 aromatic carbocycles. The smallest absolute Gasteiger partial charge is 0.287 e. The van der Waals surface area contributed by atoms with E-state index >= 15 is 0 Å². The third-order valence-corrected chi connectivity index (χ3v) is 6.74. The van der Waals surface area contributed by atoms with Crippen molar-refractivity contribution in [2.75, 3.05) is 13.6 Å². The zero-order chi connectivity index (χ0) is 25.1. The molecule has 2 aromatic heterocycles. The van der Waals surface area contributed by atoms with E-state index in [1.165, 1.54) is 0 Å². The zero-order valence-electron chi connectivity index (χ0n) is 20.4. The molecule has 0 bridgehead atoms.